The number of nitrogens with zero attached hydrogens (tertiary/aromatic N) is 1. The van der Waals surface area contributed by atoms with E-state index in [2.05, 4.69) is 12.2 Å². The van der Waals surface area contributed by atoms with Crippen molar-refractivity contribution in [2.24, 2.45) is 5.92 Å². The second-order valence-corrected chi connectivity index (χ2v) is 6.59. The minimum absolute atomic E-state index is 0.0659. The van der Waals surface area contributed by atoms with E-state index in [-0.39, 0.29) is 18.2 Å². The Morgan fingerprint density at radius 2 is 2.05 bits per heavy atom. The molecule has 122 valence electrons. The number of ether oxygens (including phenoxy) is 2. The highest BCUT2D eigenvalue weighted by atomic mass is 16.5. The molecule has 0 aromatic heterocycles. The Morgan fingerprint density at radius 3 is 2.57 bits per heavy atom. The summed E-state index contributed by atoms with van der Waals surface area (Å²) in [6, 6.07) is 0. The van der Waals surface area contributed by atoms with E-state index >= 15 is 0 Å². The zero-order valence-electron chi connectivity index (χ0n) is 13.9. The van der Waals surface area contributed by atoms with Gasteiger partial charge in [0.05, 0.1) is 31.0 Å². The number of carbonyl (C=O) groups is 1. The van der Waals surface area contributed by atoms with Gasteiger partial charge in [0.2, 0.25) is 5.91 Å². The van der Waals surface area contributed by atoms with Crippen LogP contribution in [0, 0.1) is 5.92 Å². The topological polar surface area (TPSA) is 50.8 Å². The molecule has 0 spiro atoms. The lowest BCUT2D eigenvalue weighted by Gasteiger charge is -2.31. The molecule has 1 saturated carbocycles. The van der Waals surface area contributed by atoms with Crippen LogP contribution in [0.1, 0.15) is 46.0 Å². The van der Waals surface area contributed by atoms with Crippen LogP contribution in [-0.4, -0.2) is 56.0 Å². The number of methoxy groups -OCH3 is 2. The normalized spacial score (nSPS) is 32.1. The summed E-state index contributed by atoms with van der Waals surface area (Å²) < 4.78 is 10.7. The van der Waals surface area contributed by atoms with Crippen LogP contribution in [0.2, 0.25) is 0 Å². The van der Waals surface area contributed by atoms with Crippen LogP contribution in [0.5, 0.6) is 0 Å². The highest BCUT2D eigenvalue weighted by Crippen LogP contribution is 2.35. The van der Waals surface area contributed by atoms with Crippen molar-refractivity contribution in [3.8, 4) is 0 Å². The molecule has 0 aromatic carbocycles. The van der Waals surface area contributed by atoms with Crippen molar-refractivity contribution in [3.63, 3.8) is 0 Å². The molecule has 1 heterocycles. The first kappa shape index (κ1) is 16.7. The van der Waals surface area contributed by atoms with Gasteiger partial charge in [-0.15, -0.1) is 0 Å². The van der Waals surface area contributed by atoms with Crippen molar-refractivity contribution < 1.29 is 14.3 Å². The average Bonchev–Trinajstić information content (AvgIpc) is 3.09. The molecule has 1 aliphatic carbocycles. The van der Waals surface area contributed by atoms with Gasteiger partial charge in [-0.1, -0.05) is 19.8 Å². The first-order chi connectivity index (χ1) is 10.1. The Labute approximate surface area is 128 Å². The second kappa shape index (κ2) is 7.07. The lowest BCUT2D eigenvalue weighted by atomic mass is 9.99. The maximum absolute atomic E-state index is 12.8. The number of carbonyl (C=O) groups excluding carboxylic acids is 1. The van der Waals surface area contributed by atoms with Gasteiger partial charge < -0.3 is 14.4 Å². The zero-order valence-corrected chi connectivity index (χ0v) is 13.9. The van der Waals surface area contributed by atoms with E-state index in [0.717, 1.165) is 6.42 Å². The minimum Gasteiger partial charge on any atom is -0.382 e. The molecule has 2 aliphatic rings. The van der Waals surface area contributed by atoms with E-state index < -0.39 is 5.54 Å². The molecule has 2 fully saturated rings. The molecule has 0 aromatic rings. The molecule has 1 saturated heterocycles. The van der Waals surface area contributed by atoms with E-state index in [0.29, 0.717) is 19.1 Å². The van der Waals surface area contributed by atoms with Gasteiger partial charge in [0.1, 0.15) is 0 Å². The SMILES string of the molecule is CCC1(C)NC(C2CCCC2)N(CC(COC)OC)C1=O. The van der Waals surface area contributed by atoms with Crippen LogP contribution in [0.3, 0.4) is 0 Å². The van der Waals surface area contributed by atoms with Gasteiger partial charge in [0, 0.05) is 14.2 Å². The van der Waals surface area contributed by atoms with Crippen molar-refractivity contribution in [2.75, 3.05) is 27.4 Å². The fourth-order valence-corrected chi connectivity index (χ4v) is 3.61. The molecular weight excluding hydrogens is 268 g/mol. The van der Waals surface area contributed by atoms with Crippen molar-refractivity contribution in [1.29, 1.82) is 0 Å². The summed E-state index contributed by atoms with van der Waals surface area (Å²) in [5.74, 6) is 0.780. The van der Waals surface area contributed by atoms with Crippen LogP contribution < -0.4 is 5.32 Å². The van der Waals surface area contributed by atoms with Crippen molar-refractivity contribution in [3.05, 3.63) is 0 Å². The summed E-state index contributed by atoms with van der Waals surface area (Å²) in [6.07, 6.45) is 5.88. The van der Waals surface area contributed by atoms with Gasteiger partial charge in [0.15, 0.2) is 0 Å². The lowest BCUT2D eigenvalue weighted by molar-refractivity contribution is -0.135. The quantitative estimate of drug-likeness (QED) is 0.778. The summed E-state index contributed by atoms with van der Waals surface area (Å²) in [6.45, 7) is 5.21. The van der Waals surface area contributed by atoms with Gasteiger partial charge in [-0.3, -0.25) is 10.1 Å². The maximum atomic E-state index is 12.8. The van der Waals surface area contributed by atoms with Gasteiger partial charge in [0.25, 0.3) is 0 Å². The summed E-state index contributed by atoms with van der Waals surface area (Å²) >= 11 is 0. The predicted octanol–water partition coefficient (Wildman–Crippen LogP) is 1.76. The fraction of sp³-hybridized carbons (Fsp3) is 0.938. The van der Waals surface area contributed by atoms with Gasteiger partial charge >= 0.3 is 0 Å². The molecule has 5 nitrogen and oxygen atoms in total. The van der Waals surface area contributed by atoms with E-state index in [1.165, 1.54) is 25.7 Å². The summed E-state index contributed by atoms with van der Waals surface area (Å²) in [4.78, 5) is 14.9. The van der Waals surface area contributed by atoms with Crippen LogP contribution >= 0.6 is 0 Å². The van der Waals surface area contributed by atoms with Crippen molar-refractivity contribution >= 4 is 5.91 Å². The third-order valence-corrected chi connectivity index (χ3v) is 5.17. The summed E-state index contributed by atoms with van der Waals surface area (Å²) in [5.41, 5.74) is -0.432. The van der Waals surface area contributed by atoms with E-state index in [9.17, 15) is 4.79 Å². The fourth-order valence-electron chi connectivity index (χ4n) is 3.61. The number of amides is 1. The molecule has 3 unspecified atom stereocenters. The predicted molar refractivity (Wildman–Crippen MR) is 82.0 cm³/mol. The van der Waals surface area contributed by atoms with Crippen molar-refractivity contribution in [1.82, 2.24) is 10.2 Å². The third kappa shape index (κ3) is 3.41. The lowest BCUT2D eigenvalue weighted by Crippen LogP contribution is -2.47. The standard InChI is InChI=1S/C16H30N2O3/c1-5-16(2)15(19)18(10-13(21-4)11-20-3)14(17-16)12-8-6-7-9-12/h12-14,17H,5-11H2,1-4H3. The molecule has 0 radical (unpaired) electrons. The highest BCUT2D eigenvalue weighted by molar-refractivity contribution is 5.88. The van der Waals surface area contributed by atoms with Crippen LogP contribution in [0.4, 0.5) is 0 Å². The molecule has 5 heteroatoms. The number of rotatable bonds is 7. The highest BCUT2D eigenvalue weighted by Gasteiger charge is 2.49. The van der Waals surface area contributed by atoms with Crippen LogP contribution in [-0.2, 0) is 14.3 Å². The number of nitrogens with one attached hydrogen (secondary N) is 1. The van der Waals surface area contributed by atoms with Gasteiger partial charge in [-0.25, -0.2) is 0 Å². The molecular formula is C16H30N2O3. The third-order valence-electron chi connectivity index (χ3n) is 5.17. The average molecular weight is 298 g/mol. The Hall–Kier alpha value is -0.650. The largest absolute Gasteiger partial charge is 0.382 e. The minimum atomic E-state index is -0.432. The molecule has 1 aliphatic heterocycles. The summed E-state index contributed by atoms with van der Waals surface area (Å²) in [7, 11) is 3.35. The van der Waals surface area contributed by atoms with E-state index in [1.54, 1.807) is 14.2 Å². The molecule has 1 N–H and O–H groups in total. The Balaban J connectivity index is 2.14. The van der Waals surface area contributed by atoms with E-state index in [1.807, 2.05) is 11.8 Å². The monoisotopic (exact) mass is 298 g/mol. The van der Waals surface area contributed by atoms with Crippen LogP contribution in [0.15, 0.2) is 0 Å². The Morgan fingerprint density at radius 1 is 1.38 bits per heavy atom. The van der Waals surface area contributed by atoms with Crippen LogP contribution in [0.25, 0.3) is 0 Å². The number of hydrogen-bond donors (Lipinski definition) is 1. The maximum Gasteiger partial charge on any atom is 0.243 e. The molecule has 21 heavy (non-hydrogen) atoms. The first-order valence-electron chi connectivity index (χ1n) is 8.16. The molecule has 2 rings (SSSR count). The molecule has 1 amide bonds. The van der Waals surface area contributed by atoms with E-state index in [4.69, 9.17) is 9.47 Å². The Kier molecular flexibility index (Phi) is 5.63. The first-order valence-corrected chi connectivity index (χ1v) is 8.16. The number of hydrogen-bond acceptors (Lipinski definition) is 4. The second-order valence-electron chi connectivity index (χ2n) is 6.59. The smallest absolute Gasteiger partial charge is 0.243 e. The molecule has 3 atom stereocenters. The summed E-state index contributed by atoms with van der Waals surface area (Å²) in [5, 5.41) is 3.61. The van der Waals surface area contributed by atoms with Gasteiger partial charge in [-0.2, -0.15) is 0 Å². The van der Waals surface area contributed by atoms with Crippen molar-refractivity contribution in [2.45, 2.75) is 63.8 Å². The zero-order chi connectivity index (χ0) is 15.5. The molecule has 0 bridgehead atoms. The van der Waals surface area contributed by atoms with Gasteiger partial charge in [-0.05, 0) is 32.1 Å². The Bertz CT molecular complexity index is 357.